The molecule has 2 aliphatic rings. The van der Waals surface area contributed by atoms with Crippen molar-refractivity contribution < 1.29 is 24.2 Å². The van der Waals surface area contributed by atoms with Crippen molar-refractivity contribution in [2.45, 2.75) is 37.2 Å². The number of hydrogen-bond acceptors (Lipinski definition) is 4. The highest BCUT2D eigenvalue weighted by Gasteiger charge is 2.49. The number of amides is 2. The average molecular weight is 415 g/mol. The Kier molecular flexibility index (Phi) is 4.70. The summed E-state index contributed by atoms with van der Waals surface area (Å²) in [4.78, 5) is 35.8. The summed E-state index contributed by atoms with van der Waals surface area (Å²) in [7, 11) is 0. The summed E-state index contributed by atoms with van der Waals surface area (Å²) in [6, 6.07) is 9.42. The van der Waals surface area contributed by atoms with E-state index in [1.165, 1.54) is 12.1 Å². The zero-order chi connectivity index (χ0) is 20.8. The number of rotatable bonds is 4. The Balaban J connectivity index is 1.55. The predicted octanol–water partition coefficient (Wildman–Crippen LogP) is 3.35. The number of ether oxygens (including phenoxy) is 1. The number of fused-ring (bicyclic) bond motifs is 2. The molecule has 1 aliphatic heterocycles. The van der Waals surface area contributed by atoms with E-state index >= 15 is 0 Å². The second-order valence-corrected chi connectivity index (χ2v) is 7.86. The van der Waals surface area contributed by atoms with Crippen LogP contribution in [-0.2, 0) is 10.2 Å². The number of carbonyl (C=O) groups is 3. The predicted molar refractivity (Wildman–Crippen MR) is 107 cm³/mol. The van der Waals surface area contributed by atoms with E-state index in [-0.39, 0.29) is 23.1 Å². The molecule has 1 heterocycles. The summed E-state index contributed by atoms with van der Waals surface area (Å²) in [5.41, 5.74) is 6.42. The Labute approximate surface area is 171 Å². The highest BCUT2D eigenvalue weighted by atomic mass is 35.5. The van der Waals surface area contributed by atoms with Crippen LogP contribution in [0.4, 0.5) is 5.69 Å². The van der Waals surface area contributed by atoms with Crippen molar-refractivity contribution >= 4 is 35.1 Å². The molecule has 150 valence electrons. The lowest BCUT2D eigenvalue weighted by Gasteiger charge is -2.36. The van der Waals surface area contributed by atoms with Gasteiger partial charge in [0.05, 0.1) is 22.6 Å². The summed E-state index contributed by atoms with van der Waals surface area (Å²) >= 11 is 5.93. The van der Waals surface area contributed by atoms with Crippen molar-refractivity contribution in [2.24, 2.45) is 5.73 Å². The minimum absolute atomic E-state index is 0.113. The van der Waals surface area contributed by atoms with Crippen LogP contribution in [0.3, 0.4) is 0 Å². The van der Waals surface area contributed by atoms with Crippen molar-refractivity contribution in [3.05, 3.63) is 58.1 Å². The Morgan fingerprint density at radius 2 is 1.90 bits per heavy atom. The molecule has 1 saturated carbocycles. The Hall–Kier alpha value is -3.06. The second kappa shape index (κ2) is 7.08. The lowest BCUT2D eigenvalue weighted by molar-refractivity contribution is -0.122. The maximum atomic E-state index is 12.8. The van der Waals surface area contributed by atoms with Crippen molar-refractivity contribution in [1.82, 2.24) is 0 Å². The Morgan fingerprint density at radius 3 is 2.55 bits per heavy atom. The molecule has 0 bridgehead atoms. The molecule has 4 N–H and O–H groups in total. The van der Waals surface area contributed by atoms with E-state index in [1.54, 1.807) is 24.3 Å². The van der Waals surface area contributed by atoms with Gasteiger partial charge in [-0.2, -0.15) is 0 Å². The van der Waals surface area contributed by atoms with Gasteiger partial charge in [0.15, 0.2) is 0 Å². The van der Waals surface area contributed by atoms with Gasteiger partial charge in [-0.1, -0.05) is 11.6 Å². The Bertz CT molecular complexity index is 1030. The van der Waals surface area contributed by atoms with Gasteiger partial charge in [0, 0.05) is 10.7 Å². The average Bonchev–Trinajstić information content (AvgIpc) is 2.95. The molecule has 29 heavy (non-hydrogen) atoms. The molecular formula is C21H19ClN2O5. The van der Waals surface area contributed by atoms with Crippen LogP contribution in [0.2, 0.25) is 5.02 Å². The number of carbonyl (C=O) groups excluding carboxylic acids is 2. The maximum absolute atomic E-state index is 12.8. The monoisotopic (exact) mass is 414 g/mol. The fourth-order valence-corrected chi connectivity index (χ4v) is 4.39. The number of hydrogen-bond donors (Lipinski definition) is 3. The van der Waals surface area contributed by atoms with Gasteiger partial charge in [0.2, 0.25) is 5.91 Å². The molecule has 1 aliphatic carbocycles. The summed E-state index contributed by atoms with van der Waals surface area (Å²) in [6.45, 7) is 0. The summed E-state index contributed by atoms with van der Waals surface area (Å²) in [6.07, 6.45) is 1.98. The third kappa shape index (κ3) is 3.31. The maximum Gasteiger partial charge on any atom is 0.335 e. The molecule has 2 amide bonds. The molecule has 1 spiro atoms. The first-order valence-electron chi connectivity index (χ1n) is 9.25. The molecule has 1 fully saturated rings. The highest BCUT2D eigenvalue weighted by Crippen LogP contribution is 2.48. The quantitative estimate of drug-likeness (QED) is 0.708. The van der Waals surface area contributed by atoms with Crippen LogP contribution in [0.1, 0.15) is 52.0 Å². The topological polar surface area (TPSA) is 119 Å². The normalized spacial score (nSPS) is 22.8. The first kappa shape index (κ1) is 19.3. The number of carboxylic acids is 1. The number of aromatic carboxylic acids is 1. The molecule has 2 aromatic rings. The minimum atomic E-state index is -1.03. The summed E-state index contributed by atoms with van der Waals surface area (Å²) in [5, 5.41) is 12.6. The van der Waals surface area contributed by atoms with Crippen LogP contribution < -0.4 is 15.8 Å². The van der Waals surface area contributed by atoms with Gasteiger partial charge in [-0.25, -0.2) is 4.79 Å². The molecule has 4 rings (SSSR count). The van der Waals surface area contributed by atoms with Crippen LogP contribution in [0.15, 0.2) is 36.4 Å². The third-order valence-corrected chi connectivity index (χ3v) is 5.99. The minimum Gasteiger partial charge on any atom is -0.490 e. The second-order valence-electron chi connectivity index (χ2n) is 7.42. The van der Waals surface area contributed by atoms with Crippen molar-refractivity contribution in [3.8, 4) is 5.75 Å². The number of primary amides is 1. The SMILES string of the molecule is NC(=O)c1cc(Cl)ccc1O[C@H]1CC[C@@]2(CC1)C(=O)Nc1ccc(C(=O)O)cc12. The first-order chi connectivity index (χ1) is 13.8. The van der Waals surface area contributed by atoms with Crippen LogP contribution in [-0.4, -0.2) is 29.0 Å². The van der Waals surface area contributed by atoms with E-state index in [9.17, 15) is 19.5 Å². The van der Waals surface area contributed by atoms with Gasteiger partial charge in [0.25, 0.3) is 5.91 Å². The van der Waals surface area contributed by atoms with E-state index in [0.717, 1.165) is 5.56 Å². The molecule has 0 unspecified atom stereocenters. The number of carboxylic acid groups (broad SMARTS) is 1. The molecule has 8 heteroatoms. The van der Waals surface area contributed by atoms with Gasteiger partial charge >= 0.3 is 5.97 Å². The van der Waals surface area contributed by atoms with Crippen LogP contribution in [0.25, 0.3) is 0 Å². The molecule has 0 aromatic heterocycles. The van der Waals surface area contributed by atoms with E-state index in [2.05, 4.69) is 5.32 Å². The lowest BCUT2D eigenvalue weighted by Crippen LogP contribution is -2.41. The number of halogens is 1. The molecule has 0 atom stereocenters. The molecule has 7 nitrogen and oxygen atoms in total. The zero-order valence-electron chi connectivity index (χ0n) is 15.4. The Morgan fingerprint density at radius 1 is 1.17 bits per heavy atom. The van der Waals surface area contributed by atoms with Crippen LogP contribution in [0.5, 0.6) is 5.75 Å². The van der Waals surface area contributed by atoms with Crippen molar-refractivity contribution in [2.75, 3.05) is 5.32 Å². The molecule has 0 saturated heterocycles. The van der Waals surface area contributed by atoms with E-state index in [1.807, 2.05) is 0 Å². The standard InChI is InChI=1S/C21H19ClN2O5/c22-12-2-4-17(14(10-12)18(23)25)29-13-5-7-21(8-6-13)15-9-11(19(26)27)1-3-16(15)24-20(21)28/h1-4,9-10,13H,5-8H2,(H2,23,25)(H,24,28)(H,26,27)/t13-,21-. The number of nitrogens with one attached hydrogen (secondary N) is 1. The van der Waals surface area contributed by atoms with Gasteiger partial charge < -0.3 is 20.9 Å². The van der Waals surface area contributed by atoms with Gasteiger partial charge in [-0.05, 0) is 67.6 Å². The number of anilines is 1. The van der Waals surface area contributed by atoms with E-state index in [4.69, 9.17) is 22.1 Å². The number of nitrogens with two attached hydrogens (primary N) is 1. The van der Waals surface area contributed by atoms with Gasteiger partial charge in [-0.3, -0.25) is 9.59 Å². The van der Waals surface area contributed by atoms with Gasteiger partial charge in [0.1, 0.15) is 5.75 Å². The van der Waals surface area contributed by atoms with Crippen molar-refractivity contribution in [3.63, 3.8) is 0 Å². The van der Waals surface area contributed by atoms with Crippen LogP contribution in [0, 0.1) is 0 Å². The van der Waals surface area contributed by atoms with E-state index < -0.39 is 17.3 Å². The summed E-state index contributed by atoms with van der Waals surface area (Å²) < 4.78 is 6.01. The smallest absolute Gasteiger partial charge is 0.335 e. The lowest BCUT2D eigenvalue weighted by atomic mass is 9.69. The fraction of sp³-hybridized carbons (Fsp3) is 0.286. The van der Waals surface area contributed by atoms with Crippen molar-refractivity contribution in [1.29, 1.82) is 0 Å². The first-order valence-corrected chi connectivity index (χ1v) is 9.63. The number of benzene rings is 2. The molecular weight excluding hydrogens is 396 g/mol. The summed E-state index contributed by atoms with van der Waals surface area (Å²) in [5.74, 6) is -1.40. The molecule has 2 aromatic carbocycles. The van der Waals surface area contributed by atoms with E-state index in [0.29, 0.717) is 42.1 Å². The largest absolute Gasteiger partial charge is 0.490 e. The van der Waals surface area contributed by atoms with Gasteiger partial charge in [-0.15, -0.1) is 0 Å². The molecule has 0 radical (unpaired) electrons. The fourth-order valence-electron chi connectivity index (χ4n) is 4.22. The highest BCUT2D eigenvalue weighted by molar-refractivity contribution is 6.31. The third-order valence-electron chi connectivity index (χ3n) is 5.75. The van der Waals surface area contributed by atoms with Crippen LogP contribution >= 0.6 is 11.6 Å². The zero-order valence-corrected chi connectivity index (χ0v) is 16.2.